The van der Waals surface area contributed by atoms with E-state index in [0.717, 1.165) is 30.9 Å². The van der Waals surface area contributed by atoms with Gasteiger partial charge in [0.2, 0.25) is 0 Å². The summed E-state index contributed by atoms with van der Waals surface area (Å²) in [6.07, 6.45) is 5.51. The van der Waals surface area contributed by atoms with E-state index in [-0.39, 0.29) is 0 Å². The molecule has 0 saturated heterocycles. The molecule has 0 aliphatic heterocycles. The molecule has 5 heteroatoms. The lowest BCUT2D eigenvalue weighted by Gasteiger charge is -2.14. The lowest BCUT2D eigenvalue weighted by molar-refractivity contribution is 0.493. The van der Waals surface area contributed by atoms with Gasteiger partial charge in [0.15, 0.2) is 5.96 Å². The van der Waals surface area contributed by atoms with Gasteiger partial charge in [-0.25, -0.2) is 4.98 Å². The lowest BCUT2D eigenvalue weighted by atomic mass is 10.0. The summed E-state index contributed by atoms with van der Waals surface area (Å²) in [5, 5.41) is 6.58. The van der Waals surface area contributed by atoms with Gasteiger partial charge < -0.3 is 11.1 Å². The van der Waals surface area contributed by atoms with Crippen LogP contribution in [0.5, 0.6) is 0 Å². The number of nitrogens with two attached hydrogens (primary N) is 1. The van der Waals surface area contributed by atoms with Crippen LogP contribution < -0.4 is 11.1 Å². The maximum absolute atomic E-state index is 5.92. The largest absolute Gasteiger partial charge is 0.370 e. The van der Waals surface area contributed by atoms with Gasteiger partial charge in [-0.3, -0.25) is 4.99 Å². The second-order valence-corrected chi connectivity index (χ2v) is 6.92. The summed E-state index contributed by atoms with van der Waals surface area (Å²) in [6, 6.07) is 0.387. The van der Waals surface area contributed by atoms with E-state index in [1.54, 1.807) is 11.3 Å². The average molecular weight is 311 g/mol. The maximum Gasteiger partial charge on any atom is 0.188 e. The number of nitrogens with zero attached hydrogens (tertiary/aromatic N) is 2. The molecule has 1 aromatic rings. The summed E-state index contributed by atoms with van der Waals surface area (Å²) in [5.74, 6) is 1.33. The van der Waals surface area contributed by atoms with Crippen molar-refractivity contribution in [2.45, 2.75) is 65.8 Å². The van der Waals surface area contributed by atoms with E-state index in [4.69, 9.17) is 5.73 Å². The molecule has 0 aromatic carbocycles. The molecule has 1 rings (SSSR count). The highest BCUT2D eigenvalue weighted by Crippen LogP contribution is 2.10. The highest BCUT2D eigenvalue weighted by molar-refractivity contribution is 7.09. The molecular weight excluding hydrogens is 280 g/mol. The number of hydrogen-bond donors (Lipinski definition) is 2. The summed E-state index contributed by atoms with van der Waals surface area (Å²) in [5.41, 5.74) is 7.05. The number of thiazole rings is 1. The molecule has 120 valence electrons. The molecule has 1 aromatic heterocycles. The average Bonchev–Trinajstić information content (AvgIpc) is 2.86. The van der Waals surface area contributed by atoms with E-state index in [1.165, 1.54) is 17.8 Å². The number of nitrogens with one attached hydrogen (secondary N) is 1. The molecule has 3 N–H and O–H groups in total. The van der Waals surface area contributed by atoms with Crippen molar-refractivity contribution < 1.29 is 0 Å². The molecule has 0 spiro atoms. The molecule has 1 atom stereocenters. The maximum atomic E-state index is 5.92. The minimum absolute atomic E-state index is 0.387. The Hall–Kier alpha value is -1.10. The first-order chi connectivity index (χ1) is 10.0. The smallest absolute Gasteiger partial charge is 0.188 e. The first-order valence-corrected chi connectivity index (χ1v) is 8.89. The van der Waals surface area contributed by atoms with Gasteiger partial charge in [-0.05, 0) is 25.7 Å². The van der Waals surface area contributed by atoms with Gasteiger partial charge >= 0.3 is 0 Å². The van der Waals surface area contributed by atoms with Crippen LogP contribution in [0.1, 0.15) is 57.7 Å². The van der Waals surface area contributed by atoms with Crippen LogP contribution >= 0.6 is 11.3 Å². The summed E-state index contributed by atoms with van der Waals surface area (Å²) >= 11 is 1.72. The van der Waals surface area contributed by atoms with Gasteiger partial charge in [0, 0.05) is 24.4 Å². The number of aryl methyl sites for hydroxylation is 1. The predicted molar refractivity (Wildman–Crippen MR) is 93.0 cm³/mol. The Morgan fingerprint density at radius 2 is 2.14 bits per heavy atom. The van der Waals surface area contributed by atoms with Crippen LogP contribution in [0.25, 0.3) is 0 Å². The van der Waals surface area contributed by atoms with Crippen molar-refractivity contribution in [1.29, 1.82) is 0 Å². The van der Waals surface area contributed by atoms with Gasteiger partial charge in [-0.2, -0.15) is 0 Å². The summed E-state index contributed by atoms with van der Waals surface area (Å²) in [6.45, 7) is 9.51. The fraction of sp³-hybridized carbons (Fsp3) is 0.750. The fourth-order valence-corrected chi connectivity index (χ4v) is 2.90. The molecule has 0 aliphatic rings. The fourth-order valence-electron chi connectivity index (χ4n) is 2.12. The second kappa shape index (κ2) is 9.77. The number of rotatable bonds is 9. The normalized spacial score (nSPS) is 13.7. The van der Waals surface area contributed by atoms with Crippen molar-refractivity contribution in [3.8, 4) is 0 Å². The topological polar surface area (TPSA) is 63.3 Å². The van der Waals surface area contributed by atoms with Crippen molar-refractivity contribution in [1.82, 2.24) is 10.3 Å². The van der Waals surface area contributed by atoms with Gasteiger partial charge in [-0.15, -0.1) is 11.3 Å². The Kier molecular flexibility index (Phi) is 8.35. The molecular formula is C16H30N4S. The monoisotopic (exact) mass is 310 g/mol. The van der Waals surface area contributed by atoms with E-state index in [1.807, 2.05) is 0 Å². The highest BCUT2D eigenvalue weighted by Gasteiger charge is 2.04. The van der Waals surface area contributed by atoms with E-state index in [2.05, 4.69) is 48.4 Å². The molecule has 0 bridgehead atoms. The van der Waals surface area contributed by atoms with Crippen molar-refractivity contribution in [3.05, 3.63) is 16.1 Å². The van der Waals surface area contributed by atoms with E-state index >= 15 is 0 Å². The highest BCUT2D eigenvalue weighted by atomic mass is 32.1. The Labute approximate surface area is 133 Å². The summed E-state index contributed by atoms with van der Waals surface area (Å²) in [7, 11) is 0. The van der Waals surface area contributed by atoms with Gasteiger partial charge in [0.05, 0.1) is 10.7 Å². The first-order valence-electron chi connectivity index (χ1n) is 8.01. The van der Waals surface area contributed by atoms with Crippen LogP contribution in [0.3, 0.4) is 0 Å². The number of guanidine groups is 1. The van der Waals surface area contributed by atoms with Crippen molar-refractivity contribution in [3.63, 3.8) is 0 Å². The van der Waals surface area contributed by atoms with Crippen LogP contribution in [0, 0.1) is 5.92 Å². The van der Waals surface area contributed by atoms with Crippen LogP contribution in [0.4, 0.5) is 0 Å². The number of aliphatic imine (C=N–C) groups is 1. The quantitative estimate of drug-likeness (QED) is 0.543. The van der Waals surface area contributed by atoms with Crippen LogP contribution in [0.15, 0.2) is 10.4 Å². The molecule has 1 heterocycles. The molecule has 0 radical (unpaired) electrons. The number of aromatic nitrogens is 1. The first kappa shape index (κ1) is 18.0. The van der Waals surface area contributed by atoms with Crippen LogP contribution in [-0.2, 0) is 12.8 Å². The van der Waals surface area contributed by atoms with Gasteiger partial charge in [0.1, 0.15) is 0 Å². The zero-order valence-electron chi connectivity index (χ0n) is 13.9. The lowest BCUT2D eigenvalue weighted by Crippen LogP contribution is -2.38. The minimum atomic E-state index is 0.387. The third-order valence-electron chi connectivity index (χ3n) is 3.36. The Morgan fingerprint density at radius 3 is 2.76 bits per heavy atom. The van der Waals surface area contributed by atoms with Gasteiger partial charge in [-0.1, -0.05) is 33.6 Å². The summed E-state index contributed by atoms with van der Waals surface area (Å²) < 4.78 is 0. The van der Waals surface area contributed by atoms with Gasteiger partial charge in [0.25, 0.3) is 0 Å². The number of hydrogen-bond acceptors (Lipinski definition) is 3. The second-order valence-electron chi connectivity index (χ2n) is 5.97. The van der Waals surface area contributed by atoms with Crippen molar-refractivity contribution in [2.75, 3.05) is 6.54 Å². The SMILES string of the molecule is CCc1nc(CCN=C(N)NC(C)CCCC(C)C)cs1. The zero-order valence-corrected chi connectivity index (χ0v) is 14.7. The Morgan fingerprint density at radius 1 is 1.38 bits per heavy atom. The third-order valence-corrected chi connectivity index (χ3v) is 4.41. The third kappa shape index (κ3) is 8.05. The molecule has 0 fully saturated rings. The zero-order chi connectivity index (χ0) is 15.7. The van der Waals surface area contributed by atoms with Crippen molar-refractivity contribution >= 4 is 17.3 Å². The van der Waals surface area contributed by atoms with E-state index in [0.29, 0.717) is 18.5 Å². The Bertz CT molecular complexity index is 426. The van der Waals surface area contributed by atoms with E-state index in [9.17, 15) is 0 Å². The summed E-state index contributed by atoms with van der Waals surface area (Å²) in [4.78, 5) is 8.92. The minimum Gasteiger partial charge on any atom is -0.370 e. The van der Waals surface area contributed by atoms with E-state index < -0.39 is 0 Å². The molecule has 0 amide bonds. The standard InChI is InChI=1S/C16H30N4S/c1-5-15-20-14(11-21-15)9-10-18-16(17)19-13(4)8-6-7-12(2)3/h11-13H,5-10H2,1-4H3,(H3,17,18,19). The molecule has 1 unspecified atom stereocenters. The van der Waals surface area contributed by atoms with Crippen LogP contribution in [0.2, 0.25) is 0 Å². The Balaban J connectivity index is 2.22. The molecule has 0 aliphatic carbocycles. The van der Waals surface area contributed by atoms with Crippen LogP contribution in [-0.4, -0.2) is 23.5 Å². The molecule has 4 nitrogen and oxygen atoms in total. The predicted octanol–water partition coefficient (Wildman–Crippen LogP) is 3.37. The van der Waals surface area contributed by atoms with Crippen molar-refractivity contribution in [2.24, 2.45) is 16.6 Å². The molecule has 0 saturated carbocycles. The molecule has 21 heavy (non-hydrogen) atoms.